The number of fused-ring (bicyclic) bond motifs is 1. The lowest BCUT2D eigenvalue weighted by Crippen LogP contribution is -2.17. The molecule has 3 aromatic carbocycles. The van der Waals surface area contributed by atoms with E-state index in [1.807, 2.05) is 49.4 Å². The fourth-order valence-corrected chi connectivity index (χ4v) is 3.40. The molecule has 0 fully saturated rings. The molecule has 144 valence electrons. The van der Waals surface area contributed by atoms with Gasteiger partial charge in [-0.15, -0.1) is 11.6 Å². The van der Waals surface area contributed by atoms with E-state index in [0.717, 1.165) is 11.1 Å². The maximum Gasteiger partial charge on any atom is 0.246 e. The van der Waals surface area contributed by atoms with Crippen LogP contribution in [-0.4, -0.2) is 5.91 Å². The van der Waals surface area contributed by atoms with E-state index >= 15 is 0 Å². The quantitative estimate of drug-likeness (QED) is 0.445. The van der Waals surface area contributed by atoms with Crippen LogP contribution < -0.4 is 10.7 Å². The Bertz CT molecular complexity index is 1250. The molecule has 29 heavy (non-hydrogen) atoms. The first kappa shape index (κ1) is 19.0. The molecule has 0 bridgehead atoms. The highest BCUT2D eigenvalue weighted by Gasteiger charge is 2.18. The summed E-state index contributed by atoms with van der Waals surface area (Å²) in [5.74, 6) is 0.153. The van der Waals surface area contributed by atoms with E-state index in [-0.39, 0.29) is 11.3 Å². The lowest BCUT2D eigenvalue weighted by Gasteiger charge is -2.11. The Kier molecular flexibility index (Phi) is 5.19. The van der Waals surface area contributed by atoms with Gasteiger partial charge in [0.25, 0.3) is 0 Å². The zero-order valence-corrected chi connectivity index (χ0v) is 16.4. The van der Waals surface area contributed by atoms with E-state index < -0.39 is 5.38 Å². The summed E-state index contributed by atoms with van der Waals surface area (Å²) in [5.41, 5.74) is 3.37. The summed E-state index contributed by atoms with van der Waals surface area (Å²) >= 11 is 6.27. The van der Waals surface area contributed by atoms with Crippen LogP contribution in [0.3, 0.4) is 0 Å². The fourth-order valence-electron chi connectivity index (χ4n) is 3.20. The highest BCUT2D eigenvalue weighted by molar-refractivity contribution is 6.32. The Morgan fingerprint density at radius 3 is 2.45 bits per heavy atom. The van der Waals surface area contributed by atoms with E-state index in [0.29, 0.717) is 28.0 Å². The molecule has 1 atom stereocenters. The number of rotatable bonds is 4. The van der Waals surface area contributed by atoms with Crippen molar-refractivity contribution in [3.05, 3.63) is 100 Å². The standard InChI is InChI=1S/C24H18ClNO3/c1-15-7-5-6-10-18(15)22-14-20(27)19-13-17(11-12-21(19)29-22)26-24(28)23(25)16-8-3-2-4-9-16/h2-14,23H,1H3,(H,26,28). The minimum Gasteiger partial charge on any atom is -0.456 e. The summed E-state index contributed by atoms with van der Waals surface area (Å²) in [6, 6.07) is 23.3. The predicted molar refractivity (Wildman–Crippen MR) is 116 cm³/mol. The number of nitrogens with one attached hydrogen (secondary N) is 1. The number of hydrogen-bond acceptors (Lipinski definition) is 3. The summed E-state index contributed by atoms with van der Waals surface area (Å²) in [4.78, 5) is 25.1. The van der Waals surface area contributed by atoms with Crippen molar-refractivity contribution in [3.8, 4) is 11.3 Å². The molecule has 0 saturated carbocycles. The van der Waals surface area contributed by atoms with Gasteiger partial charge >= 0.3 is 0 Å². The van der Waals surface area contributed by atoms with Crippen molar-refractivity contribution in [2.75, 3.05) is 5.32 Å². The number of carbonyl (C=O) groups is 1. The lowest BCUT2D eigenvalue weighted by molar-refractivity contribution is -0.116. The van der Waals surface area contributed by atoms with Crippen LogP contribution in [0.4, 0.5) is 5.69 Å². The van der Waals surface area contributed by atoms with E-state index in [4.69, 9.17) is 16.0 Å². The van der Waals surface area contributed by atoms with Gasteiger partial charge in [-0.2, -0.15) is 0 Å². The summed E-state index contributed by atoms with van der Waals surface area (Å²) in [6.07, 6.45) is 0. The van der Waals surface area contributed by atoms with Gasteiger partial charge in [0.1, 0.15) is 16.7 Å². The smallest absolute Gasteiger partial charge is 0.246 e. The number of alkyl halides is 1. The van der Waals surface area contributed by atoms with Gasteiger partial charge in [-0.1, -0.05) is 54.6 Å². The molecular formula is C24H18ClNO3. The topological polar surface area (TPSA) is 59.3 Å². The second kappa shape index (κ2) is 7.94. The zero-order valence-electron chi connectivity index (χ0n) is 15.7. The Hall–Kier alpha value is -3.37. The van der Waals surface area contributed by atoms with Gasteiger partial charge in [0, 0.05) is 17.3 Å². The predicted octanol–water partition coefficient (Wildman–Crippen LogP) is 5.69. The van der Waals surface area contributed by atoms with Crippen LogP contribution in [0, 0.1) is 6.92 Å². The van der Waals surface area contributed by atoms with Crippen LogP contribution in [0.2, 0.25) is 0 Å². The van der Waals surface area contributed by atoms with Crippen LogP contribution >= 0.6 is 11.6 Å². The summed E-state index contributed by atoms with van der Waals surface area (Å²) in [6.45, 7) is 1.97. The molecule has 1 amide bonds. The van der Waals surface area contributed by atoms with Gasteiger partial charge in [0.05, 0.1) is 5.39 Å². The minimum absolute atomic E-state index is 0.175. The molecule has 1 unspecified atom stereocenters. The lowest BCUT2D eigenvalue weighted by atomic mass is 10.1. The van der Waals surface area contributed by atoms with E-state index in [2.05, 4.69) is 5.32 Å². The van der Waals surface area contributed by atoms with Crippen molar-refractivity contribution in [2.24, 2.45) is 0 Å². The van der Waals surface area contributed by atoms with E-state index in [1.54, 1.807) is 30.3 Å². The maximum absolute atomic E-state index is 12.7. The maximum atomic E-state index is 12.7. The summed E-state index contributed by atoms with van der Waals surface area (Å²) in [7, 11) is 0. The molecule has 1 heterocycles. The van der Waals surface area contributed by atoms with Crippen LogP contribution in [0.15, 0.2) is 88.1 Å². The Morgan fingerprint density at radius 2 is 1.69 bits per heavy atom. The average molecular weight is 404 g/mol. The largest absolute Gasteiger partial charge is 0.456 e. The normalized spacial score (nSPS) is 11.9. The fraction of sp³-hybridized carbons (Fsp3) is 0.0833. The average Bonchev–Trinajstić information content (AvgIpc) is 2.74. The molecule has 0 spiro atoms. The second-order valence-corrected chi connectivity index (χ2v) is 7.20. The number of carbonyl (C=O) groups excluding carboxylic acids is 1. The van der Waals surface area contributed by atoms with Gasteiger partial charge < -0.3 is 9.73 Å². The zero-order chi connectivity index (χ0) is 20.4. The summed E-state index contributed by atoms with van der Waals surface area (Å²) in [5, 5.41) is 2.33. The number of aryl methyl sites for hydroxylation is 1. The Labute approximate surface area is 172 Å². The number of benzene rings is 3. The third kappa shape index (κ3) is 3.93. The van der Waals surface area contributed by atoms with Crippen molar-refractivity contribution < 1.29 is 9.21 Å². The van der Waals surface area contributed by atoms with E-state index in [1.165, 1.54) is 6.07 Å². The Morgan fingerprint density at radius 1 is 0.966 bits per heavy atom. The molecule has 5 heteroatoms. The number of anilines is 1. The Balaban J connectivity index is 1.64. The molecule has 0 aliphatic carbocycles. The minimum atomic E-state index is -0.827. The molecular weight excluding hydrogens is 386 g/mol. The van der Waals surface area contributed by atoms with Crippen molar-refractivity contribution >= 4 is 34.2 Å². The molecule has 0 aliphatic heterocycles. The molecule has 0 aliphatic rings. The first-order valence-electron chi connectivity index (χ1n) is 9.17. The van der Waals surface area contributed by atoms with Gasteiger partial charge in [0.2, 0.25) is 5.91 Å². The van der Waals surface area contributed by atoms with Crippen LogP contribution in [0.1, 0.15) is 16.5 Å². The van der Waals surface area contributed by atoms with Gasteiger partial charge in [-0.25, -0.2) is 0 Å². The van der Waals surface area contributed by atoms with E-state index in [9.17, 15) is 9.59 Å². The molecule has 1 aromatic heterocycles. The van der Waals surface area contributed by atoms with Crippen LogP contribution in [0.5, 0.6) is 0 Å². The third-order valence-corrected chi connectivity index (χ3v) is 5.18. The molecule has 4 rings (SSSR count). The number of halogens is 1. The molecule has 1 N–H and O–H groups in total. The van der Waals surface area contributed by atoms with Crippen LogP contribution in [0.25, 0.3) is 22.3 Å². The molecule has 4 nitrogen and oxygen atoms in total. The number of hydrogen-bond donors (Lipinski definition) is 1. The third-order valence-electron chi connectivity index (χ3n) is 4.73. The highest BCUT2D eigenvalue weighted by Crippen LogP contribution is 2.27. The van der Waals surface area contributed by atoms with Crippen LogP contribution in [-0.2, 0) is 4.79 Å². The molecule has 0 saturated heterocycles. The second-order valence-electron chi connectivity index (χ2n) is 6.76. The number of amides is 1. The monoisotopic (exact) mass is 403 g/mol. The first-order chi connectivity index (χ1) is 14.0. The molecule has 0 radical (unpaired) electrons. The SMILES string of the molecule is Cc1ccccc1-c1cc(=O)c2cc(NC(=O)C(Cl)c3ccccc3)ccc2o1. The van der Waals surface area contributed by atoms with Crippen molar-refractivity contribution in [1.29, 1.82) is 0 Å². The van der Waals surface area contributed by atoms with Crippen molar-refractivity contribution in [1.82, 2.24) is 0 Å². The van der Waals surface area contributed by atoms with Gasteiger partial charge in [0.15, 0.2) is 5.43 Å². The summed E-state index contributed by atoms with van der Waals surface area (Å²) < 4.78 is 5.95. The van der Waals surface area contributed by atoms with Crippen molar-refractivity contribution in [2.45, 2.75) is 12.3 Å². The van der Waals surface area contributed by atoms with Gasteiger partial charge in [-0.05, 0) is 36.2 Å². The first-order valence-corrected chi connectivity index (χ1v) is 9.60. The molecule has 4 aromatic rings. The van der Waals surface area contributed by atoms with Gasteiger partial charge in [-0.3, -0.25) is 9.59 Å². The highest BCUT2D eigenvalue weighted by atomic mass is 35.5. The van der Waals surface area contributed by atoms with Crippen molar-refractivity contribution in [3.63, 3.8) is 0 Å².